The fourth-order valence-corrected chi connectivity index (χ4v) is 2.32. The second-order valence-electron chi connectivity index (χ2n) is 4.53. The van der Waals surface area contributed by atoms with Crippen molar-refractivity contribution in [2.45, 2.75) is 39.2 Å². The number of hydrogen-bond donors (Lipinski definition) is 1. The Labute approximate surface area is 85.5 Å². The van der Waals surface area contributed by atoms with Gasteiger partial charge in [-0.3, -0.25) is 0 Å². The highest BCUT2D eigenvalue weighted by molar-refractivity contribution is 5.32. The maximum atomic E-state index is 4.33. The van der Waals surface area contributed by atoms with E-state index in [1.54, 1.807) is 0 Å². The van der Waals surface area contributed by atoms with Crippen LogP contribution in [-0.4, -0.2) is 22.6 Å². The molecule has 0 aromatic carbocycles. The highest BCUT2D eigenvalue weighted by Gasteiger charge is 2.26. The summed E-state index contributed by atoms with van der Waals surface area (Å²) in [6.45, 7) is 5.74. The normalized spacial score (nSPS) is 22.2. The topological polar surface area (TPSA) is 31.9 Å². The van der Waals surface area contributed by atoms with E-state index in [1.807, 2.05) is 12.4 Å². The maximum absolute atomic E-state index is 4.33. The van der Waals surface area contributed by atoms with Gasteiger partial charge in [0.15, 0.2) is 0 Å². The summed E-state index contributed by atoms with van der Waals surface area (Å²) in [5.41, 5.74) is 0. The van der Waals surface area contributed by atoms with E-state index in [2.05, 4.69) is 28.7 Å². The van der Waals surface area contributed by atoms with Gasteiger partial charge in [0, 0.05) is 25.0 Å². The zero-order valence-electron chi connectivity index (χ0n) is 9.03. The predicted octanol–water partition coefficient (Wildman–Crippen LogP) is 2.42. The van der Waals surface area contributed by atoms with E-state index >= 15 is 0 Å². The van der Waals surface area contributed by atoms with E-state index in [9.17, 15) is 0 Å². The van der Waals surface area contributed by atoms with Crippen molar-refractivity contribution in [1.29, 1.82) is 0 Å². The lowest BCUT2D eigenvalue weighted by Crippen LogP contribution is -2.31. The van der Waals surface area contributed by atoms with Gasteiger partial charge in [-0.1, -0.05) is 13.8 Å². The number of imidazole rings is 1. The third kappa shape index (κ3) is 1.91. The molecule has 1 N–H and O–H groups in total. The van der Waals surface area contributed by atoms with Gasteiger partial charge < -0.3 is 9.88 Å². The molecule has 1 atom stereocenters. The van der Waals surface area contributed by atoms with Crippen molar-refractivity contribution in [3.8, 4) is 0 Å². The van der Waals surface area contributed by atoms with Crippen molar-refractivity contribution in [1.82, 2.24) is 9.97 Å². The van der Waals surface area contributed by atoms with Crippen LogP contribution in [0.25, 0.3) is 0 Å². The molecule has 1 aliphatic rings. The Morgan fingerprint density at radius 2 is 2.50 bits per heavy atom. The van der Waals surface area contributed by atoms with Gasteiger partial charge in [-0.15, -0.1) is 0 Å². The van der Waals surface area contributed by atoms with Crippen LogP contribution in [0.15, 0.2) is 12.4 Å². The van der Waals surface area contributed by atoms with Gasteiger partial charge in [0.05, 0.1) is 0 Å². The molecule has 1 fully saturated rings. The molecule has 1 aliphatic heterocycles. The Hall–Kier alpha value is -0.990. The predicted molar refractivity (Wildman–Crippen MR) is 58.4 cm³/mol. The molecule has 0 radical (unpaired) electrons. The summed E-state index contributed by atoms with van der Waals surface area (Å²) in [5.74, 6) is 1.82. The average molecular weight is 193 g/mol. The van der Waals surface area contributed by atoms with E-state index in [-0.39, 0.29) is 0 Å². The molecule has 0 spiro atoms. The lowest BCUT2D eigenvalue weighted by molar-refractivity contribution is 0.491. The number of aromatic amines is 1. The van der Waals surface area contributed by atoms with Crippen LogP contribution in [0.3, 0.4) is 0 Å². The molecule has 1 aromatic heterocycles. The average Bonchev–Trinajstić information content (AvgIpc) is 2.70. The fourth-order valence-electron chi connectivity index (χ4n) is 2.32. The summed E-state index contributed by atoms with van der Waals surface area (Å²) in [6, 6.07) is 0.696. The zero-order chi connectivity index (χ0) is 9.97. The van der Waals surface area contributed by atoms with Crippen molar-refractivity contribution >= 4 is 5.95 Å². The molecule has 1 aromatic rings. The summed E-state index contributed by atoms with van der Waals surface area (Å²) in [5, 5.41) is 0. The molecule has 0 saturated carbocycles. The lowest BCUT2D eigenvalue weighted by atomic mass is 10.0. The molecular formula is C11H19N3. The molecule has 78 valence electrons. The minimum absolute atomic E-state index is 0.696. The quantitative estimate of drug-likeness (QED) is 0.799. The van der Waals surface area contributed by atoms with Crippen LogP contribution in [-0.2, 0) is 0 Å². The molecule has 14 heavy (non-hydrogen) atoms. The first-order valence-electron chi connectivity index (χ1n) is 5.53. The van der Waals surface area contributed by atoms with Gasteiger partial charge in [-0.2, -0.15) is 0 Å². The maximum Gasteiger partial charge on any atom is 0.202 e. The summed E-state index contributed by atoms with van der Waals surface area (Å²) >= 11 is 0. The number of H-pyrrole nitrogens is 1. The van der Waals surface area contributed by atoms with Crippen molar-refractivity contribution < 1.29 is 0 Å². The molecule has 0 aliphatic carbocycles. The molecule has 3 heteroatoms. The third-order valence-electron chi connectivity index (χ3n) is 2.88. The van der Waals surface area contributed by atoms with Gasteiger partial charge >= 0.3 is 0 Å². The molecule has 1 unspecified atom stereocenters. The second-order valence-corrected chi connectivity index (χ2v) is 4.53. The summed E-state index contributed by atoms with van der Waals surface area (Å²) in [6.07, 6.45) is 7.64. The van der Waals surface area contributed by atoms with E-state index in [1.165, 1.54) is 19.3 Å². The first-order chi connectivity index (χ1) is 6.77. The van der Waals surface area contributed by atoms with Gasteiger partial charge in [0.25, 0.3) is 0 Å². The van der Waals surface area contributed by atoms with Gasteiger partial charge in [0.2, 0.25) is 5.95 Å². The van der Waals surface area contributed by atoms with Crippen molar-refractivity contribution in [3.05, 3.63) is 12.4 Å². The smallest absolute Gasteiger partial charge is 0.202 e. The minimum atomic E-state index is 0.696. The number of rotatable bonds is 3. The van der Waals surface area contributed by atoms with Crippen molar-refractivity contribution in [2.24, 2.45) is 5.92 Å². The number of aromatic nitrogens is 2. The Bertz CT molecular complexity index is 266. The highest BCUT2D eigenvalue weighted by Crippen LogP contribution is 2.26. The summed E-state index contributed by atoms with van der Waals surface area (Å²) in [4.78, 5) is 9.94. The summed E-state index contributed by atoms with van der Waals surface area (Å²) in [7, 11) is 0. The van der Waals surface area contributed by atoms with Crippen LogP contribution >= 0.6 is 0 Å². The molecule has 3 nitrogen and oxygen atoms in total. The van der Waals surface area contributed by atoms with Crippen molar-refractivity contribution in [3.63, 3.8) is 0 Å². The van der Waals surface area contributed by atoms with Crippen LogP contribution in [0.5, 0.6) is 0 Å². The minimum Gasteiger partial charge on any atom is -0.339 e. The van der Waals surface area contributed by atoms with Gasteiger partial charge in [-0.25, -0.2) is 4.98 Å². The van der Waals surface area contributed by atoms with E-state index in [0.29, 0.717) is 6.04 Å². The molecule has 0 bridgehead atoms. The SMILES string of the molecule is CC(C)CC1CCCN1c1ncc[nH]1. The molecular weight excluding hydrogens is 174 g/mol. The van der Waals surface area contributed by atoms with E-state index in [4.69, 9.17) is 0 Å². The monoisotopic (exact) mass is 193 g/mol. The third-order valence-corrected chi connectivity index (χ3v) is 2.88. The van der Waals surface area contributed by atoms with Gasteiger partial charge in [-0.05, 0) is 25.2 Å². The number of nitrogens with one attached hydrogen (secondary N) is 1. The molecule has 2 heterocycles. The number of anilines is 1. The van der Waals surface area contributed by atoms with E-state index in [0.717, 1.165) is 18.4 Å². The van der Waals surface area contributed by atoms with Crippen molar-refractivity contribution in [2.75, 3.05) is 11.4 Å². The van der Waals surface area contributed by atoms with Crippen LogP contribution in [0.4, 0.5) is 5.95 Å². The Kier molecular flexibility index (Phi) is 2.75. The van der Waals surface area contributed by atoms with E-state index < -0.39 is 0 Å². The molecule has 0 amide bonds. The Balaban J connectivity index is 2.04. The number of hydrogen-bond acceptors (Lipinski definition) is 2. The van der Waals surface area contributed by atoms with Crippen LogP contribution < -0.4 is 4.90 Å². The second kappa shape index (κ2) is 4.03. The first kappa shape index (κ1) is 9.56. The first-order valence-corrected chi connectivity index (χ1v) is 5.53. The van der Waals surface area contributed by atoms with Gasteiger partial charge in [0.1, 0.15) is 0 Å². The Morgan fingerprint density at radius 1 is 1.64 bits per heavy atom. The van der Waals surface area contributed by atoms with Crippen LogP contribution in [0.2, 0.25) is 0 Å². The zero-order valence-corrected chi connectivity index (χ0v) is 9.03. The largest absolute Gasteiger partial charge is 0.339 e. The standard InChI is InChI=1S/C11H19N3/c1-9(2)8-10-4-3-7-14(10)11-12-5-6-13-11/h5-6,9-10H,3-4,7-8H2,1-2H3,(H,12,13). The molecule has 1 saturated heterocycles. The fraction of sp³-hybridized carbons (Fsp3) is 0.727. The van der Waals surface area contributed by atoms with Crippen LogP contribution in [0.1, 0.15) is 33.1 Å². The lowest BCUT2D eigenvalue weighted by Gasteiger charge is -2.25. The molecule has 2 rings (SSSR count). The number of nitrogens with zero attached hydrogens (tertiary/aromatic N) is 2. The van der Waals surface area contributed by atoms with Crippen LogP contribution in [0, 0.1) is 5.92 Å². The Morgan fingerprint density at radius 3 is 3.14 bits per heavy atom. The highest BCUT2D eigenvalue weighted by atomic mass is 15.3. The summed E-state index contributed by atoms with van der Waals surface area (Å²) < 4.78 is 0.